The number of H-pyrrole nitrogens is 1. The van der Waals surface area contributed by atoms with Crippen LogP contribution < -0.4 is 4.90 Å². The van der Waals surface area contributed by atoms with Crippen LogP contribution in [0, 0.1) is 17.3 Å². The molecule has 3 heterocycles. The Kier molecular flexibility index (Phi) is 3.45. The summed E-state index contributed by atoms with van der Waals surface area (Å²) in [5.74, 6) is 1.87. The molecule has 1 aromatic carbocycles. The highest BCUT2D eigenvalue weighted by molar-refractivity contribution is 6.08. The molecule has 5 heteroatoms. The maximum atomic E-state index is 12.8. The van der Waals surface area contributed by atoms with Crippen molar-refractivity contribution >= 4 is 22.6 Å². The van der Waals surface area contributed by atoms with E-state index < -0.39 is 5.41 Å². The van der Waals surface area contributed by atoms with Gasteiger partial charge < -0.3 is 9.88 Å². The fourth-order valence-electron chi connectivity index (χ4n) is 4.08. The van der Waals surface area contributed by atoms with Gasteiger partial charge in [0.05, 0.1) is 17.5 Å². The largest absolute Gasteiger partial charge is 0.371 e. The molecule has 2 aromatic heterocycles. The number of nitrogens with zero attached hydrogens (tertiary/aromatic N) is 3. The summed E-state index contributed by atoms with van der Waals surface area (Å²) in [5.41, 5.74) is 4.56. The van der Waals surface area contributed by atoms with Gasteiger partial charge in [0.1, 0.15) is 5.52 Å². The molecule has 0 amide bonds. The Morgan fingerprint density at radius 1 is 1.22 bits per heavy atom. The van der Waals surface area contributed by atoms with Crippen molar-refractivity contribution in [2.45, 2.75) is 27.2 Å². The van der Waals surface area contributed by atoms with Crippen LogP contribution in [0.1, 0.15) is 37.6 Å². The lowest BCUT2D eigenvalue weighted by atomic mass is 9.87. The van der Waals surface area contributed by atoms with Crippen LogP contribution in [0.25, 0.3) is 22.4 Å². The molecule has 3 aromatic rings. The Labute approximate surface area is 158 Å². The van der Waals surface area contributed by atoms with E-state index in [4.69, 9.17) is 4.98 Å². The molecule has 1 aliphatic heterocycles. The first-order valence-electron chi connectivity index (χ1n) is 9.64. The van der Waals surface area contributed by atoms with Gasteiger partial charge in [-0.25, -0.2) is 9.97 Å². The van der Waals surface area contributed by atoms with Crippen LogP contribution in [0.3, 0.4) is 0 Å². The van der Waals surface area contributed by atoms with Crippen LogP contribution in [0.4, 0.5) is 5.69 Å². The first-order valence-corrected chi connectivity index (χ1v) is 9.64. The van der Waals surface area contributed by atoms with Gasteiger partial charge in [-0.3, -0.25) is 4.79 Å². The number of hydrogen-bond donors (Lipinski definition) is 1. The van der Waals surface area contributed by atoms with Gasteiger partial charge in [-0.05, 0) is 30.4 Å². The minimum atomic E-state index is -0.455. The fraction of sp³-hybridized carbons (Fsp3) is 0.409. The molecule has 1 aliphatic carbocycles. The van der Waals surface area contributed by atoms with E-state index in [1.165, 1.54) is 25.2 Å². The number of Topliss-reactive ketones (excluding diaryl/α,β-unsaturated/α-hetero) is 1. The van der Waals surface area contributed by atoms with Gasteiger partial charge >= 0.3 is 0 Å². The van der Waals surface area contributed by atoms with Gasteiger partial charge in [-0.1, -0.05) is 32.9 Å². The lowest BCUT2D eigenvalue weighted by molar-refractivity contribution is 0.0860. The Bertz CT molecular complexity index is 1040. The van der Waals surface area contributed by atoms with E-state index in [0.29, 0.717) is 16.7 Å². The summed E-state index contributed by atoms with van der Waals surface area (Å²) in [4.78, 5) is 27.6. The quantitative estimate of drug-likeness (QED) is 0.707. The maximum Gasteiger partial charge on any atom is 0.171 e. The van der Waals surface area contributed by atoms with E-state index in [-0.39, 0.29) is 5.78 Å². The fourth-order valence-corrected chi connectivity index (χ4v) is 4.08. The number of aromatic amines is 1. The van der Waals surface area contributed by atoms with E-state index >= 15 is 0 Å². The Balaban J connectivity index is 1.52. The SMILES string of the molecule is CC(C)(C)C(=O)c1c[nH]c2ncc(-c3cccc(N4CC5CC5C4)c3)nc12. The summed E-state index contributed by atoms with van der Waals surface area (Å²) in [6.45, 7) is 8.11. The van der Waals surface area contributed by atoms with Crippen molar-refractivity contribution in [3.8, 4) is 11.3 Å². The second-order valence-corrected chi connectivity index (χ2v) is 8.95. The molecule has 1 saturated heterocycles. The van der Waals surface area contributed by atoms with Crippen LogP contribution >= 0.6 is 0 Å². The molecule has 0 radical (unpaired) electrons. The average Bonchev–Trinajstić information content (AvgIpc) is 3.07. The number of fused-ring (bicyclic) bond motifs is 2. The zero-order valence-electron chi connectivity index (χ0n) is 16.0. The lowest BCUT2D eigenvalue weighted by Crippen LogP contribution is -2.21. The van der Waals surface area contributed by atoms with Gasteiger partial charge in [-0.2, -0.15) is 0 Å². The first-order chi connectivity index (χ1) is 12.9. The van der Waals surface area contributed by atoms with Crippen LogP contribution in [0.5, 0.6) is 0 Å². The molecular formula is C22H24N4O. The number of hydrogen-bond acceptors (Lipinski definition) is 4. The number of ketones is 1. The molecule has 2 aliphatic rings. The third-order valence-electron chi connectivity index (χ3n) is 5.79. The molecule has 138 valence electrons. The lowest BCUT2D eigenvalue weighted by Gasteiger charge is -2.20. The Morgan fingerprint density at radius 2 is 2.00 bits per heavy atom. The van der Waals surface area contributed by atoms with Crippen LogP contribution in [-0.4, -0.2) is 33.8 Å². The topological polar surface area (TPSA) is 61.9 Å². The summed E-state index contributed by atoms with van der Waals surface area (Å²) < 4.78 is 0. The minimum Gasteiger partial charge on any atom is -0.371 e. The number of anilines is 1. The van der Waals surface area contributed by atoms with E-state index in [0.717, 1.165) is 23.1 Å². The van der Waals surface area contributed by atoms with Gasteiger partial charge in [0.15, 0.2) is 11.4 Å². The summed E-state index contributed by atoms with van der Waals surface area (Å²) in [5, 5.41) is 0. The molecule has 1 saturated carbocycles. The second-order valence-electron chi connectivity index (χ2n) is 8.95. The number of benzene rings is 1. The number of nitrogens with one attached hydrogen (secondary N) is 1. The number of piperidine rings is 1. The van der Waals surface area contributed by atoms with Crippen molar-refractivity contribution in [2.24, 2.45) is 17.3 Å². The maximum absolute atomic E-state index is 12.8. The predicted octanol–water partition coefficient (Wildman–Crippen LogP) is 4.31. The van der Waals surface area contributed by atoms with Crippen LogP contribution in [0.15, 0.2) is 36.7 Å². The van der Waals surface area contributed by atoms with Gasteiger partial charge in [-0.15, -0.1) is 0 Å². The normalized spacial score (nSPS) is 21.5. The highest BCUT2D eigenvalue weighted by Crippen LogP contribution is 2.46. The van der Waals surface area contributed by atoms with Crippen LogP contribution in [0.2, 0.25) is 0 Å². The molecular weight excluding hydrogens is 336 g/mol. The summed E-state index contributed by atoms with van der Waals surface area (Å²) >= 11 is 0. The van der Waals surface area contributed by atoms with Crippen molar-refractivity contribution in [1.82, 2.24) is 15.0 Å². The van der Waals surface area contributed by atoms with E-state index in [1.54, 1.807) is 12.4 Å². The zero-order valence-corrected chi connectivity index (χ0v) is 16.0. The second kappa shape index (κ2) is 5.65. The Morgan fingerprint density at radius 3 is 2.74 bits per heavy atom. The molecule has 2 atom stereocenters. The number of aromatic nitrogens is 3. The molecule has 5 rings (SSSR count). The van der Waals surface area contributed by atoms with E-state index in [1.807, 2.05) is 20.8 Å². The van der Waals surface area contributed by atoms with Crippen molar-refractivity contribution < 1.29 is 4.79 Å². The zero-order chi connectivity index (χ0) is 18.8. The predicted molar refractivity (Wildman–Crippen MR) is 107 cm³/mol. The highest BCUT2D eigenvalue weighted by Gasteiger charge is 2.45. The van der Waals surface area contributed by atoms with E-state index in [2.05, 4.69) is 39.1 Å². The summed E-state index contributed by atoms with van der Waals surface area (Å²) in [6.07, 6.45) is 4.91. The minimum absolute atomic E-state index is 0.0743. The number of carbonyl (C=O) groups excluding carboxylic acids is 1. The molecule has 0 spiro atoms. The summed E-state index contributed by atoms with van der Waals surface area (Å²) in [6, 6.07) is 8.51. The van der Waals surface area contributed by atoms with Crippen LogP contribution in [-0.2, 0) is 0 Å². The van der Waals surface area contributed by atoms with Crippen molar-refractivity contribution in [3.05, 3.63) is 42.2 Å². The number of carbonyl (C=O) groups is 1. The third kappa shape index (κ3) is 2.82. The van der Waals surface area contributed by atoms with Gasteiger partial charge in [0, 0.05) is 36.0 Å². The molecule has 2 fully saturated rings. The standard InChI is InChI=1S/C22H24N4O/c1-22(2,3)20(27)17-9-23-21-19(17)25-18(10-24-21)13-5-4-6-16(8-13)26-11-14-7-15(14)12-26/h4-6,8-10,14-15H,7,11-12H2,1-3H3,(H,23,24). The smallest absolute Gasteiger partial charge is 0.171 e. The first kappa shape index (κ1) is 16.5. The molecule has 2 unspecified atom stereocenters. The average molecular weight is 360 g/mol. The van der Waals surface area contributed by atoms with Crippen molar-refractivity contribution in [3.63, 3.8) is 0 Å². The van der Waals surface area contributed by atoms with Crippen molar-refractivity contribution in [2.75, 3.05) is 18.0 Å². The number of rotatable bonds is 3. The van der Waals surface area contributed by atoms with E-state index in [9.17, 15) is 4.79 Å². The third-order valence-corrected chi connectivity index (χ3v) is 5.79. The van der Waals surface area contributed by atoms with Gasteiger partial charge in [0.2, 0.25) is 0 Å². The van der Waals surface area contributed by atoms with Gasteiger partial charge in [0.25, 0.3) is 0 Å². The molecule has 0 bridgehead atoms. The molecule has 27 heavy (non-hydrogen) atoms. The highest BCUT2D eigenvalue weighted by atomic mass is 16.1. The molecule has 1 N–H and O–H groups in total. The monoisotopic (exact) mass is 360 g/mol. The Hall–Kier alpha value is -2.69. The van der Waals surface area contributed by atoms with Crippen molar-refractivity contribution in [1.29, 1.82) is 0 Å². The molecule has 5 nitrogen and oxygen atoms in total. The summed E-state index contributed by atoms with van der Waals surface area (Å²) in [7, 11) is 0.